The Hall–Kier alpha value is -8.08. The molecule has 0 aliphatic rings. The first kappa shape index (κ1) is 35.1. The zero-order valence-electron chi connectivity index (χ0n) is 32.7. The van der Waals surface area contributed by atoms with Crippen LogP contribution in [0.5, 0.6) is 0 Å². The number of rotatable bonds is 8. The van der Waals surface area contributed by atoms with Gasteiger partial charge in [0.15, 0.2) is 0 Å². The van der Waals surface area contributed by atoms with Crippen molar-refractivity contribution in [2.45, 2.75) is 0 Å². The minimum Gasteiger partial charge on any atom is -0.310 e. The van der Waals surface area contributed by atoms with Crippen LogP contribution in [-0.4, -0.2) is 14.5 Å². The Balaban J connectivity index is 1.05. The van der Waals surface area contributed by atoms with Gasteiger partial charge in [-0.3, -0.25) is 0 Å². The first-order valence-corrected chi connectivity index (χ1v) is 20.3. The van der Waals surface area contributed by atoms with Gasteiger partial charge in [0.2, 0.25) is 0 Å². The number of para-hydroxylation sites is 4. The van der Waals surface area contributed by atoms with Gasteiger partial charge < -0.3 is 9.47 Å². The van der Waals surface area contributed by atoms with E-state index in [0.717, 1.165) is 61.8 Å². The SMILES string of the molecule is c1ccc(-c2ccc(-c3ccc4c(c3)c3cc(N(c5ccccc5)c5ccc(-c6nc7ccccc7nc6-c6ccccc6)cc5)ccc3n4-c3ccccc3)cc2)cc1. The second-order valence-electron chi connectivity index (χ2n) is 15.0. The van der Waals surface area contributed by atoms with E-state index < -0.39 is 0 Å². The molecule has 0 unspecified atom stereocenters. The van der Waals surface area contributed by atoms with Crippen LogP contribution >= 0.6 is 0 Å². The number of hydrogen-bond donors (Lipinski definition) is 0. The second kappa shape index (κ2) is 15.0. The second-order valence-corrected chi connectivity index (χ2v) is 15.0. The van der Waals surface area contributed by atoms with E-state index in [0.29, 0.717) is 0 Å². The van der Waals surface area contributed by atoms with Gasteiger partial charge in [0.25, 0.3) is 0 Å². The Bertz CT molecular complexity index is 3270. The molecule has 0 aliphatic carbocycles. The Morgan fingerprint density at radius 3 is 1.32 bits per heavy atom. The summed E-state index contributed by atoms with van der Waals surface area (Å²) in [5.41, 5.74) is 17.0. The van der Waals surface area contributed by atoms with Crippen molar-refractivity contribution < 1.29 is 0 Å². The van der Waals surface area contributed by atoms with Crippen molar-refractivity contribution in [3.63, 3.8) is 0 Å². The highest BCUT2D eigenvalue weighted by Gasteiger charge is 2.19. The van der Waals surface area contributed by atoms with Gasteiger partial charge in [-0.15, -0.1) is 0 Å². The molecule has 0 amide bonds. The van der Waals surface area contributed by atoms with Gasteiger partial charge in [-0.2, -0.15) is 0 Å². The molecule has 9 aromatic carbocycles. The molecule has 0 atom stereocenters. The molecule has 11 rings (SSSR count). The van der Waals surface area contributed by atoms with Gasteiger partial charge in [0.05, 0.1) is 33.5 Å². The normalized spacial score (nSPS) is 11.3. The highest BCUT2D eigenvalue weighted by molar-refractivity contribution is 6.12. The highest BCUT2D eigenvalue weighted by atomic mass is 15.1. The Morgan fingerprint density at radius 1 is 0.300 bits per heavy atom. The van der Waals surface area contributed by atoms with Crippen LogP contribution in [0, 0.1) is 0 Å². The topological polar surface area (TPSA) is 34.0 Å². The van der Waals surface area contributed by atoms with E-state index in [1.165, 1.54) is 38.5 Å². The smallest absolute Gasteiger partial charge is 0.0973 e. The van der Waals surface area contributed by atoms with Crippen LogP contribution in [0.3, 0.4) is 0 Å². The van der Waals surface area contributed by atoms with E-state index in [1.807, 2.05) is 30.3 Å². The van der Waals surface area contributed by atoms with E-state index in [4.69, 9.17) is 9.97 Å². The highest BCUT2D eigenvalue weighted by Crippen LogP contribution is 2.42. The van der Waals surface area contributed by atoms with Gasteiger partial charge in [-0.25, -0.2) is 9.97 Å². The summed E-state index contributed by atoms with van der Waals surface area (Å²) in [6.07, 6.45) is 0. The molecule has 11 aromatic rings. The summed E-state index contributed by atoms with van der Waals surface area (Å²) in [4.78, 5) is 12.6. The van der Waals surface area contributed by atoms with Crippen LogP contribution in [0.4, 0.5) is 17.1 Å². The molecule has 4 nitrogen and oxygen atoms in total. The largest absolute Gasteiger partial charge is 0.310 e. The molecule has 0 radical (unpaired) electrons. The van der Waals surface area contributed by atoms with Crippen LogP contribution in [0.15, 0.2) is 231 Å². The number of hydrogen-bond acceptors (Lipinski definition) is 3. The van der Waals surface area contributed by atoms with Crippen LogP contribution in [-0.2, 0) is 0 Å². The lowest BCUT2D eigenvalue weighted by Gasteiger charge is -2.26. The average molecular weight is 767 g/mol. The lowest BCUT2D eigenvalue weighted by Crippen LogP contribution is -2.09. The van der Waals surface area contributed by atoms with Gasteiger partial charge in [0, 0.05) is 44.6 Å². The minimum atomic E-state index is 0.860. The third-order valence-electron chi connectivity index (χ3n) is 11.4. The van der Waals surface area contributed by atoms with Crippen LogP contribution in [0.1, 0.15) is 0 Å². The summed E-state index contributed by atoms with van der Waals surface area (Å²) in [7, 11) is 0. The first-order valence-electron chi connectivity index (χ1n) is 20.3. The first-order chi connectivity index (χ1) is 29.7. The Morgan fingerprint density at radius 2 is 0.700 bits per heavy atom. The zero-order valence-corrected chi connectivity index (χ0v) is 32.7. The molecule has 282 valence electrons. The lowest BCUT2D eigenvalue weighted by molar-refractivity contribution is 1.18. The zero-order chi connectivity index (χ0) is 39.8. The molecule has 0 aliphatic heterocycles. The molecule has 60 heavy (non-hydrogen) atoms. The van der Waals surface area contributed by atoms with Gasteiger partial charge in [-0.1, -0.05) is 152 Å². The molecule has 0 saturated heterocycles. The van der Waals surface area contributed by atoms with E-state index >= 15 is 0 Å². The molecule has 0 spiro atoms. The van der Waals surface area contributed by atoms with Crippen LogP contribution < -0.4 is 4.90 Å². The van der Waals surface area contributed by atoms with Crippen molar-refractivity contribution in [3.05, 3.63) is 231 Å². The number of benzene rings is 9. The van der Waals surface area contributed by atoms with Crippen molar-refractivity contribution in [2.24, 2.45) is 0 Å². The summed E-state index contributed by atoms with van der Waals surface area (Å²) in [6.45, 7) is 0. The maximum atomic E-state index is 5.17. The number of nitrogens with zero attached hydrogens (tertiary/aromatic N) is 4. The lowest BCUT2D eigenvalue weighted by atomic mass is 9.99. The van der Waals surface area contributed by atoms with Gasteiger partial charge >= 0.3 is 0 Å². The van der Waals surface area contributed by atoms with Crippen molar-refractivity contribution >= 4 is 49.9 Å². The maximum Gasteiger partial charge on any atom is 0.0973 e. The summed E-state index contributed by atoms with van der Waals surface area (Å²) in [5, 5.41) is 2.39. The fourth-order valence-electron chi connectivity index (χ4n) is 8.46. The van der Waals surface area contributed by atoms with Crippen molar-refractivity contribution in [1.82, 2.24) is 14.5 Å². The van der Waals surface area contributed by atoms with E-state index in [9.17, 15) is 0 Å². The molecule has 2 heterocycles. The monoisotopic (exact) mass is 766 g/mol. The van der Waals surface area contributed by atoms with Crippen LogP contribution in [0.2, 0.25) is 0 Å². The number of anilines is 3. The summed E-state index contributed by atoms with van der Waals surface area (Å²) < 4.78 is 2.38. The summed E-state index contributed by atoms with van der Waals surface area (Å²) in [6, 6.07) is 81.6. The number of aromatic nitrogens is 3. The minimum absolute atomic E-state index is 0.860. The van der Waals surface area contributed by atoms with Gasteiger partial charge in [-0.05, 0) is 101 Å². The molecule has 2 aromatic heterocycles. The molecule has 0 saturated carbocycles. The van der Waals surface area contributed by atoms with Crippen LogP contribution in [0.25, 0.3) is 83.3 Å². The fourth-order valence-corrected chi connectivity index (χ4v) is 8.46. The maximum absolute atomic E-state index is 5.17. The Labute approximate surface area is 348 Å². The van der Waals surface area contributed by atoms with Gasteiger partial charge in [0.1, 0.15) is 0 Å². The molecule has 0 N–H and O–H groups in total. The molecule has 0 bridgehead atoms. The molecular weight excluding hydrogens is 729 g/mol. The third kappa shape index (κ3) is 6.37. The van der Waals surface area contributed by atoms with E-state index in [-0.39, 0.29) is 0 Å². The van der Waals surface area contributed by atoms with E-state index in [2.05, 4.69) is 210 Å². The molecular formula is C56H38N4. The summed E-state index contributed by atoms with van der Waals surface area (Å²) >= 11 is 0. The predicted octanol–water partition coefficient (Wildman–Crippen LogP) is 14.9. The van der Waals surface area contributed by atoms with E-state index in [1.54, 1.807) is 0 Å². The molecule has 0 fully saturated rings. The predicted molar refractivity (Wildman–Crippen MR) is 250 cm³/mol. The quantitative estimate of drug-likeness (QED) is 0.154. The average Bonchev–Trinajstić information content (AvgIpc) is 3.66. The fraction of sp³-hybridized carbons (Fsp3) is 0. The van der Waals surface area contributed by atoms with Crippen molar-refractivity contribution in [1.29, 1.82) is 0 Å². The van der Waals surface area contributed by atoms with Crippen molar-refractivity contribution in [3.8, 4) is 50.5 Å². The standard InChI is InChI=1S/C56H38N4/c1-5-15-39(16-6-1)40-25-27-41(28-26-40)44-31-35-53-49(37-44)50-38-48(34-36-54(50)60(53)46-21-11-4-12-22-46)59(45-19-9-3-10-20-45)47-32-29-43(30-33-47)56-55(42-17-7-2-8-18-42)57-51-23-13-14-24-52(51)58-56/h1-38H. The Kier molecular flexibility index (Phi) is 8.79. The third-order valence-corrected chi connectivity index (χ3v) is 11.4. The molecule has 4 heteroatoms. The summed E-state index contributed by atoms with van der Waals surface area (Å²) in [5.74, 6) is 0. The van der Waals surface area contributed by atoms with Crippen molar-refractivity contribution in [2.75, 3.05) is 4.90 Å². The number of fused-ring (bicyclic) bond motifs is 4.